The molecule has 1 aromatic heterocycles. The van der Waals surface area contributed by atoms with Gasteiger partial charge in [-0.1, -0.05) is 27.5 Å². The lowest BCUT2D eigenvalue weighted by Gasteiger charge is -2.09. The first-order chi connectivity index (χ1) is 8.41. The van der Waals surface area contributed by atoms with E-state index < -0.39 is 0 Å². The summed E-state index contributed by atoms with van der Waals surface area (Å²) in [7, 11) is 0. The number of ketones is 1. The fourth-order valence-corrected chi connectivity index (χ4v) is 2.31. The first-order valence-corrected chi connectivity index (χ1v) is 6.61. The van der Waals surface area contributed by atoms with E-state index in [1.54, 1.807) is 17.7 Å². The summed E-state index contributed by atoms with van der Waals surface area (Å²) in [5, 5.41) is 5.00. The van der Waals surface area contributed by atoms with E-state index in [2.05, 4.69) is 21.0 Å². The first kappa shape index (κ1) is 13.3. The second kappa shape index (κ2) is 4.86. The SMILES string of the molecule is CC(=O)c1cc(Br)ccc1-n1nc(C)c(Cl)c1C. The van der Waals surface area contributed by atoms with Crippen LogP contribution in [0.15, 0.2) is 22.7 Å². The molecule has 0 spiro atoms. The lowest BCUT2D eigenvalue weighted by Crippen LogP contribution is -2.06. The zero-order chi connectivity index (χ0) is 13.4. The third-order valence-electron chi connectivity index (χ3n) is 2.77. The second-order valence-electron chi connectivity index (χ2n) is 4.11. The van der Waals surface area contributed by atoms with Crippen LogP contribution in [-0.2, 0) is 0 Å². The standard InChI is InChI=1S/C13H12BrClN2O/c1-7-13(15)8(2)17(16-7)12-5-4-10(14)6-11(12)9(3)18/h4-6H,1-3H3. The number of Topliss-reactive ketones (excluding diaryl/α,β-unsaturated/α-hetero) is 1. The van der Waals surface area contributed by atoms with Gasteiger partial charge in [0.1, 0.15) is 0 Å². The molecule has 0 aliphatic heterocycles. The van der Waals surface area contributed by atoms with Gasteiger partial charge in [0.15, 0.2) is 5.78 Å². The molecule has 3 nitrogen and oxygen atoms in total. The van der Waals surface area contributed by atoms with E-state index in [0.717, 1.165) is 21.5 Å². The molecule has 2 aromatic rings. The van der Waals surface area contributed by atoms with Gasteiger partial charge in [0.2, 0.25) is 0 Å². The molecular formula is C13H12BrClN2O. The number of nitrogens with zero attached hydrogens (tertiary/aromatic N) is 2. The van der Waals surface area contributed by atoms with E-state index in [4.69, 9.17) is 11.6 Å². The molecule has 1 heterocycles. The Kier molecular flexibility index (Phi) is 3.59. The molecule has 0 atom stereocenters. The average Bonchev–Trinajstić information content (AvgIpc) is 2.57. The predicted molar refractivity (Wildman–Crippen MR) is 75.8 cm³/mol. The van der Waals surface area contributed by atoms with Crippen LogP contribution in [0.25, 0.3) is 5.69 Å². The van der Waals surface area contributed by atoms with Crippen molar-refractivity contribution in [1.82, 2.24) is 9.78 Å². The molecule has 0 aliphatic carbocycles. The van der Waals surface area contributed by atoms with E-state index in [-0.39, 0.29) is 5.78 Å². The quantitative estimate of drug-likeness (QED) is 0.778. The smallest absolute Gasteiger partial charge is 0.162 e. The number of rotatable bonds is 2. The normalized spacial score (nSPS) is 10.7. The Hall–Kier alpha value is -1.13. The Labute approximate surface area is 119 Å². The van der Waals surface area contributed by atoms with E-state index >= 15 is 0 Å². The summed E-state index contributed by atoms with van der Waals surface area (Å²) in [6, 6.07) is 5.53. The maximum atomic E-state index is 11.7. The van der Waals surface area contributed by atoms with Crippen molar-refractivity contribution in [2.75, 3.05) is 0 Å². The van der Waals surface area contributed by atoms with Crippen molar-refractivity contribution in [1.29, 1.82) is 0 Å². The van der Waals surface area contributed by atoms with Crippen LogP contribution in [0.4, 0.5) is 0 Å². The zero-order valence-corrected chi connectivity index (χ0v) is 12.6. The minimum atomic E-state index is -0.00465. The van der Waals surface area contributed by atoms with Crippen molar-refractivity contribution in [2.45, 2.75) is 20.8 Å². The predicted octanol–water partition coefficient (Wildman–Crippen LogP) is 4.11. The highest BCUT2D eigenvalue weighted by Gasteiger charge is 2.15. The molecule has 0 bridgehead atoms. The number of aromatic nitrogens is 2. The Bertz CT molecular complexity index is 634. The van der Waals surface area contributed by atoms with Gasteiger partial charge >= 0.3 is 0 Å². The summed E-state index contributed by atoms with van der Waals surface area (Å²) in [4.78, 5) is 11.7. The molecule has 0 aliphatic rings. The largest absolute Gasteiger partial charge is 0.294 e. The van der Waals surface area contributed by atoms with Crippen LogP contribution in [0.2, 0.25) is 5.02 Å². The number of hydrogen-bond donors (Lipinski definition) is 0. The monoisotopic (exact) mass is 326 g/mol. The first-order valence-electron chi connectivity index (χ1n) is 5.44. The molecule has 0 radical (unpaired) electrons. The van der Waals surface area contributed by atoms with Crippen LogP contribution in [0.3, 0.4) is 0 Å². The van der Waals surface area contributed by atoms with Gasteiger partial charge in [0.25, 0.3) is 0 Å². The van der Waals surface area contributed by atoms with Gasteiger partial charge in [-0.15, -0.1) is 0 Å². The number of carbonyl (C=O) groups is 1. The van der Waals surface area contributed by atoms with Gasteiger partial charge in [0.05, 0.1) is 22.1 Å². The van der Waals surface area contributed by atoms with Crippen molar-refractivity contribution in [3.05, 3.63) is 44.6 Å². The topological polar surface area (TPSA) is 34.9 Å². The molecule has 0 N–H and O–H groups in total. The second-order valence-corrected chi connectivity index (χ2v) is 5.41. The van der Waals surface area contributed by atoms with Crippen molar-refractivity contribution >= 4 is 33.3 Å². The highest BCUT2D eigenvalue weighted by molar-refractivity contribution is 9.10. The fourth-order valence-electron chi connectivity index (χ4n) is 1.83. The molecule has 0 fully saturated rings. The molecule has 0 amide bonds. The minimum absolute atomic E-state index is 0.00465. The zero-order valence-electron chi connectivity index (χ0n) is 10.3. The van der Waals surface area contributed by atoms with Crippen LogP contribution >= 0.6 is 27.5 Å². The number of aryl methyl sites for hydroxylation is 1. The molecule has 1 aromatic carbocycles. The van der Waals surface area contributed by atoms with Gasteiger partial charge < -0.3 is 0 Å². The van der Waals surface area contributed by atoms with Crippen molar-refractivity contribution in [3.8, 4) is 5.69 Å². The Morgan fingerprint density at radius 1 is 1.39 bits per heavy atom. The lowest BCUT2D eigenvalue weighted by molar-refractivity contribution is 0.101. The third kappa shape index (κ3) is 2.22. The highest BCUT2D eigenvalue weighted by Crippen LogP contribution is 2.26. The van der Waals surface area contributed by atoms with Gasteiger partial charge in [-0.3, -0.25) is 4.79 Å². The van der Waals surface area contributed by atoms with Crippen molar-refractivity contribution < 1.29 is 4.79 Å². The van der Waals surface area contributed by atoms with E-state index in [9.17, 15) is 4.79 Å². The van der Waals surface area contributed by atoms with Gasteiger partial charge in [-0.05, 0) is 39.0 Å². The third-order valence-corrected chi connectivity index (χ3v) is 3.81. The Balaban J connectivity index is 2.71. The van der Waals surface area contributed by atoms with Gasteiger partial charge in [-0.2, -0.15) is 5.10 Å². The summed E-state index contributed by atoms with van der Waals surface area (Å²) in [5.41, 5.74) is 2.95. The van der Waals surface area contributed by atoms with Crippen LogP contribution in [-0.4, -0.2) is 15.6 Å². The van der Waals surface area contributed by atoms with Crippen LogP contribution in [0.1, 0.15) is 28.7 Å². The summed E-state index contributed by atoms with van der Waals surface area (Å²) < 4.78 is 2.57. The van der Waals surface area contributed by atoms with E-state index in [1.807, 2.05) is 26.0 Å². The number of halogens is 2. The van der Waals surface area contributed by atoms with Gasteiger partial charge in [0, 0.05) is 10.0 Å². The molecule has 94 valence electrons. The summed E-state index contributed by atoms with van der Waals surface area (Å²) in [6.45, 7) is 5.27. The molecule has 0 saturated heterocycles. The molecular weight excluding hydrogens is 316 g/mol. The molecule has 5 heteroatoms. The summed E-state index contributed by atoms with van der Waals surface area (Å²) >= 11 is 9.50. The highest BCUT2D eigenvalue weighted by atomic mass is 79.9. The maximum Gasteiger partial charge on any atom is 0.162 e. The van der Waals surface area contributed by atoms with Crippen molar-refractivity contribution in [2.24, 2.45) is 0 Å². The average molecular weight is 328 g/mol. The molecule has 2 rings (SSSR count). The van der Waals surface area contributed by atoms with Crippen molar-refractivity contribution in [3.63, 3.8) is 0 Å². The maximum absolute atomic E-state index is 11.7. The molecule has 0 saturated carbocycles. The summed E-state index contributed by atoms with van der Waals surface area (Å²) in [5.74, 6) is -0.00465. The number of benzene rings is 1. The van der Waals surface area contributed by atoms with Crippen LogP contribution in [0.5, 0.6) is 0 Å². The Morgan fingerprint density at radius 2 is 2.06 bits per heavy atom. The fraction of sp³-hybridized carbons (Fsp3) is 0.231. The Morgan fingerprint density at radius 3 is 2.56 bits per heavy atom. The number of hydrogen-bond acceptors (Lipinski definition) is 2. The van der Waals surface area contributed by atoms with E-state index in [1.165, 1.54) is 0 Å². The lowest BCUT2D eigenvalue weighted by atomic mass is 10.1. The summed E-state index contributed by atoms with van der Waals surface area (Å²) in [6.07, 6.45) is 0. The number of carbonyl (C=O) groups excluding carboxylic acids is 1. The minimum Gasteiger partial charge on any atom is -0.294 e. The van der Waals surface area contributed by atoms with Gasteiger partial charge in [-0.25, -0.2) is 4.68 Å². The van der Waals surface area contributed by atoms with Crippen LogP contribution in [0, 0.1) is 13.8 Å². The van der Waals surface area contributed by atoms with E-state index in [0.29, 0.717) is 10.6 Å². The molecule has 0 unspecified atom stereocenters. The molecule has 18 heavy (non-hydrogen) atoms. The van der Waals surface area contributed by atoms with Crippen LogP contribution < -0.4 is 0 Å².